The molecule has 1 nitrogen and oxygen atoms in total. The molecule has 0 amide bonds. The quantitative estimate of drug-likeness (QED) is 0.683. The average Bonchev–Trinajstić information content (AvgIpc) is 2.70. The molecule has 0 atom stereocenters. The van der Waals surface area contributed by atoms with Crippen molar-refractivity contribution in [3.05, 3.63) is 16.1 Å². The molecular weight excluding hydrogens is 201 g/mol. The Bertz CT molecular complexity index is 232. The lowest BCUT2D eigenvalue weighted by Crippen LogP contribution is -1.70. The van der Waals surface area contributed by atoms with E-state index in [1.165, 1.54) is 22.7 Å². The highest BCUT2D eigenvalue weighted by atomic mass is 35.5. The van der Waals surface area contributed by atoms with Crippen LogP contribution >= 0.6 is 35.3 Å². The molecule has 2 rings (SSSR count). The van der Waals surface area contributed by atoms with Crippen LogP contribution in [0.4, 0.5) is 0 Å². The molecule has 0 radical (unpaired) electrons. The SMILES string of the molecule is Cl.ClCc1cnc(C2CC2)s1. The highest BCUT2D eigenvalue weighted by molar-refractivity contribution is 7.11. The van der Waals surface area contributed by atoms with E-state index in [0.717, 1.165) is 5.92 Å². The van der Waals surface area contributed by atoms with Gasteiger partial charge in [0, 0.05) is 17.0 Å². The van der Waals surface area contributed by atoms with Crippen LogP contribution in [0, 0.1) is 0 Å². The lowest BCUT2D eigenvalue weighted by Gasteiger charge is -1.83. The minimum Gasteiger partial charge on any atom is -0.249 e. The zero-order valence-electron chi connectivity index (χ0n) is 5.92. The van der Waals surface area contributed by atoms with Crippen LogP contribution in [-0.2, 0) is 5.88 Å². The highest BCUT2D eigenvalue weighted by Crippen LogP contribution is 2.41. The van der Waals surface area contributed by atoms with Crippen molar-refractivity contribution < 1.29 is 0 Å². The first-order valence-electron chi connectivity index (χ1n) is 3.40. The van der Waals surface area contributed by atoms with Gasteiger partial charge >= 0.3 is 0 Å². The molecule has 0 N–H and O–H groups in total. The molecule has 1 aromatic rings. The first-order valence-corrected chi connectivity index (χ1v) is 4.76. The maximum absolute atomic E-state index is 5.64. The molecule has 62 valence electrons. The minimum absolute atomic E-state index is 0. The van der Waals surface area contributed by atoms with Gasteiger partial charge < -0.3 is 0 Å². The van der Waals surface area contributed by atoms with Crippen LogP contribution in [0.25, 0.3) is 0 Å². The van der Waals surface area contributed by atoms with Crippen molar-refractivity contribution in [1.29, 1.82) is 0 Å². The predicted octanol–water partition coefficient (Wildman–Crippen LogP) is 3.18. The van der Waals surface area contributed by atoms with Crippen molar-refractivity contribution in [3.8, 4) is 0 Å². The zero-order chi connectivity index (χ0) is 6.97. The molecule has 1 heterocycles. The van der Waals surface area contributed by atoms with E-state index >= 15 is 0 Å². The number of alkyl halides is 1. The number of thiazole rings is 1. The first kappa shape index (κ1) is 9.30. The Morgan fingerprint density at radius 1 is 1.64 bits per heavy atom. The van der Waals surface area contributed by atoms with Crippen LogP contribution in [0.15, 0.2) is 6.20 Å². The number of nitrogens with zero attached hydrogens (tertiary/aromatic N) is 1. The highest BCUT2D eigenvalue weighted by Gasteiger charge is 2.26. The van der Waals surface area contributed by atoms with E-state index in [-0.39, 0.29) is 12.4 Å². The summed E-state index contributed by atoms with van der Waals surface area (Å²) < 4.78 is 0. The van der Waals surface area contributed by atoms with E-state index in [2.05, 4.69) is 4.98 Å². The van der Waals surface area contributed by atoms with Crippen molar-refractivity contribution in [3.63, 3.8) is 0 Å². The summed E-state index contributed by atoms with van der Waals surface area (Å²) in [6.07, 6.45) is 4.55. The Kier molecular flexibility index (Phi) is 3.16. The lowest BCUT2D eigenvalue weighted by molar-refractivity contribution is 1.08. The summed E-state index contributed by atoms with van der Waals surface area (Å²) >= 11 is 7.40. The second-order valence-electron chi connectivity index (χ2n) is 2.57. The third kappa shape index (κ3) is 2.08. The Labute approximate surface area is 81.2 Å². The Balaban J connectivity index is 0.000000605. The molecule has 1 aromatic heterocycles. The maximum atomic E-state index is 5.64. The molecule has 0 aliphatic heterocycles. The van der Waals surface area contributed by atoms with Crippen molar-refractivity contribution in [2.24, 2.45) is 0 Å². The van der Waals surface area contributed by atoms with Gasteiger partial charge in [0.2, 0.25) is 0 Å². The van der Waals surface area contributed by atoms with Crippen LogP contribution in [-0.4, -0.2) is 4.98 Å². The van der Waals surface area contributed by atoms with E-state index in [1.54, 1.807) is 11.3 Å². The fourth-order valence-electron chi connectivity index (χ4n) is 0.903. The van der Waals surface area contributed by atoms with Crippen LogP contribution in [0.2, 0.25) is 0 Å². The molecule has 0 saturated heterocycles. The molecular formula is C7H9Cl2NS. The van der Waals surface area contributed by atoms with Gasteiger partial charge in [0.15, 0.2) is 0 Å². The van der Waals surface area contributed by atoms with E-state index in [9.17, 15) is 0 Å². The molecule has 0 aromatic carbocycles. The van der Waals surface area contributed by atoms with Crippen LogP contribution in [0.5, 0.6) is 0 Å². The molecule has 1 saturated carbocycles. The van der Waals surface area contributed by atoms with Crippen LogP contribution in [0.3, 0.4) is 0 Å². The van der Waals surface area contributed by atoms with Gasteiger partial charge in [-0.05, 0) is 12.8 Å². The summed E-state index contributed by atoms with van der Waals surface area (Å²) in [5.74, 6) is 1.40. The van der Waals surface area contributed by atoms with Crippen molar-refractivity contribution in [1.82, 2.24) is 4.98 Å². The number of halogens is 2. The minimum atomic E-state index is 0. The van der Waals surface area contributed by atoms with E-state index in [0.29, 0.717) is 5.88 Å². The van der Waals surface area contributed by atoms with Crippen molar-refractivity contribution >= 4 is 35.3 Å². The van der Waals surface area contributed by atoms with Crippen LogP contribution in [0.1, 0.15) is 28.6 Å². The molecule has 0 bridgehead atoms. The topological polar surface area (TPSA) is 12.9 Å². The van der Waals surface area contributed by atoms with Gasteiger partial charge in [-0.3, -0.25) is 0 Å². The molecule has 1 aliphatic rings. The lowest BCUT2D eigenvalue weighted by atomic mass is 10.5. The standard InChI is InChI=1S/C7H8ClNS.ClH/c8-3-6-4-9-7(10-6)5-1-2-5;/h4-5H,1-3H2;1H. The van der Waals surface area contributed by atoms with Gasteiger partial charge in [0.1, 0.15) is 0 Å². The van der Waals surface area contributed by atoms with Gasteiger partial charge in [-0.1, -0.05) is 0 Å². The molecule has 0 spiro atoms. The Morgan fingerprint density at radius 2 is 2.36 bits per heavy atom. The second-order valence-corrected chi connectivity index (χ2v) is 3.99. The third-order valence-corrected chi connectivity index (χ3v) is 3.24. The van der Waals surface area contributed by atoms with Gasteiger partial charge in [-0.15, -0.1) is 35.3 Å². The Morgan fingerprint density at radius 3 is 2.82 bits per heavy atom. The molecule has 4 heteroatoms. The normalized spacial score (nSPS) is 16.1. The molecule has 1 fully saturated rings. The van der Waals surface area contributed by atoms with Crippen molar-refractivity contribution in [2.45, 2.75) is 24.6 Å². The fourth-order valence-corrected chi connectivity index (χ4v) is 2.07. The molecule has 1 aliphatic carbocycles. The summed E-state index contributed by atoms with van der Waals surface area (Å²) in [6, 6.07) is 0. The summed E-state index contributed by atoms with van der Waals surface area (Å²) in [7, 11) is 0. The van der Waals surface area contributed by atoms with E-state index in [1.807, 2.05) is 6.20 Å². The number of hydrogen-bond donors (Lipinski definition) is 0. The van der Waals surface area contributed by atoms with Gasteiger partial charge in [0.25, 0.3) is 0 Å². The number of rotatable bonds is 2. The Hall–Kier alpha value is 0.210. The summed E-state index contributed by atoms with van der Waals surface area (Å²) in [5.41, 5.74) is 0. The zero-order valence-corrected chi connectivity index (χ0v) is 8.31. The summed E-state index contributed by atoms with van der Waals surface area (Å²) in [5, 5.41) is 1.29. The van der Waals surface area contributed by atoms with E-state index in [4.69, 9.17) is 11.6 Å². The maximum Gasteiger partial charge on any atom is 0.0959 e. The molecule has 11 heavy (non-hydrogen) atoms. The predicted molar refractivity (Wildman–Crippen MR) is 50.9 cm³/mol. The number of aromatic nitrogens is 1. The first-order chi connectivity index (χ1) is 4.90. The fraction of sp³-hybridized carbons (Fsp3) is 0.571. The van der Waals surface area contributed by atoms with Crippen LogP contribution < -0.4 is 0 Å². The third-order valence-electron chi connectivity index (χ3n) is 1.63. The van der Waals surface area contributed by atoms with Gasteiger partial charge in [-0.25, -0.2) is 4.98 Å². The summed E-state index contributed by atoms with van der Waals surface area (Å²) in [4.78, 5) is 5.48. The van der Waals surface area contributed by atoms with E-state index < -0.39 is 0 Å². The average molecular weight is 210 g/mol. The van der Waals surface area contributed by atoms with Gasteiger partial charge in [-0.2, -0.15) is 0 Å². The largest absolute Gasteiger partial charge is 0.249 e. The monoisotopic (exact) mass is 209 g/mol. The molecule has 0 unspecified atom stereocenters. The summed E-state index contributed by atoms with van der Waals surface area (Å²) in [6.45, 7) is 0. The second kappa shape index (κ2) is 3.74. The van der Waals surface area contributed by atoms with Gasteiger partial charge in [0.05, 0.1) is 10.9 Å². The number of hydrogen-bond acceptors (Lipinski definition) is 2. The smallest absolute Gasteiger partial charge is 0.0959 e. The van der Waals surface area contributed by atoms with Crippen molar-refractivity contribution in [2.75, 3.05) is 0 Å².